The first-order valence-corrected chi connectivity index (χ1v) is 9.99. The topological polar surface area (TPSA) is 164 Å². The molecule has 0 aliphatic carbocycles. The van der Waals surface area contributed by atoms with Crippen molar-refractivity contribution in [2.45, 2.75) is 6.61 Å². The molecule has 1 amide bonds. The maximum atomic E-state index is 12.0. The second-order valence-corrected chi connectivity index (χ2v) is 7.47. The summed E-state index contributed by atoms with van der Waals surface area (Å²) < 4.78 is 6.70. The van der Waals surface area contributed by atoms with Crippen molar-refractivity contribution in [2.24, 2.45) is 0 Å². The highest BCUT2D eigenvalue weighted by atomic mass is 35.5. The zero-order valence-electron chi connectivity index (χ0n) is 17.1. The number of hydrogen-bond donors (Lipinski definition) is 4. The van der Waals surface area contributed by atoms with E-state index in [9.17, 15) is 19.2 Å². The average Bonchev–Trinajstić information content (AvgIpc) is 3.26. The molecule has 0 aliphatic heterocycles. The Morgan fingerprint density at radius 3 is 2.50 bits per heavy atom. The van der Waals surface area contributed by atoms with E-state index in [1.54, 1.807) is 16.8 Å². The molecular formula is C22H15ClN4O7. The molecule has 0 unspecified atom stereocenters. The standard InChI is InChI=1S/C22H15ClN4O7/c23-16-7-17-12(5-15(21(31)32)19(28)26-17)6-18(16)27-8-14(24-10-27)9-34-22(33)25-13-3-1-11(2-4-13)20(29)30/h1-8,10H,9H2,(H,25,33)(H,26,28)(H,29,30)(H,31,32). The number of halogens is 1. The number of aromatic carboxylic acids is 2. The third-order valence-corrected chi connectivity index (χ3v) is 5.09. The van der Waals surface area contributed by atoms with Crippen molar-refractivity contribution in [1.29, 1.82) is 0 Å². The SMILES string of the molecule is O=C(Nc1ccc(C(=O)O)cc1)OCc1cn(-c2cc3cc(C(=O)O)c(=O)[nH]c3cc2Cl)cn1. The summed E-state index contributed by atoms with van der Waals surface area (Å²) in [6.45, 7) is -0.159. The van der Waals surface area contributed by atoms with Crippen LogP contribution in [0.3, 0.4) is 0 Å². The fourth-order valence-corrected chi connectivity index (χ4v) is 3.39. The Kier molecular flexibility index (Phi) is 6.02. The molecule has 4 rings (SSSR count). The molecule has 2 aromatic heterocycles. The van der Waals surface area contributed by atoms with Gasteiger partial charge in [0.25, 0.3) is 5.56 Å². The van der Waals surface area contributed by atoms with Gasteiger partial charge in [-0.2, -0.15) is 0 Å². The zero-order chi connectivity index (χ0) is 24.4. The Morgan fingerprint density at radius 1 is 1.09 bits per heavy atom. The molecule has 34 heavy (non-hydrogen) atoms. The van der Waals surface area contributed by atoms with Gasteiger partial charge in [0.2, 0.25) is 0 Å². The maximum absolute atomic E-state index is 12.0. The normalized spacial score (nSPS) is 10.7. The number of imidazole rings is 1. The quantitative estimate of drug-likeness (QED) is 0.324. The number of pyridine rings is 1. The van der Waals surface area contributed by atoms with Crippen molar-refractivity contribution in [3.8, 4) is 5.69 Å². The number of aromatic nitrogens is 3. The minimum absolute atomic E-state index is 0.0855. The van der Waals surface area contributed by atoms with Gasteiger partial charge in [-0.1, -0.05) is 11.6 Å². The number of benzene rings is 2. The summed E-state index contributed by atoms with van der Waals surface area (Å²) in [5.41, 5.74) is 0.565. The molecule has 0 spiro atoms. The second kappa shape index (κ2) is 9.08. The molecule has 12 heteroatoms. The van der Waals surface area contributed by atoms with Crippen LogP contribution in [0.4, 0.5) is 10.5 Å². The number of H-pyrrole nitrogens is 1. The highest BCUT2D eigenvalue weighted by Gasteiger charge is 2.14. The number of carboxylic acids is 2. The van der Waals surface area contributed by atoms with E-state index in [0.717, 1.165) is 0 Å². The summed E-state index contributed by atoms with van der Waals surface area (Å²) in [5.74, 6) is -2.43. The lowest BCUT2D eigenvalue weighted by molar-refractivity contribution is 0.0685. The number of carbonyl (C=O) groups excluding carboxylic acids is 1. The fraction of sp³-hybridized carbons (Fsp3) is 0.0455. The van der Waals surface area contributed by atoms with E-state index in [-0.39, 0.29) is 17.2 Å². The molecule has 4 N–H and O–H groups in total. The number of anilines is 1. The summed E-state index contributed by atoms with van der Waals surface area (Å²) in [4.78, 5) is 52.6. The molecular weight excluding hydrogens is 468 g/mol. The third kappa shape index (κ3) is 4.74. The molecule has 0 aliphatic rings. The Balaban J connectivity index is 1.47. The molecule has 0 fully saturated rings. The molecule has 172 valence electrons. The first-order valence-electron chi connectivity index (χ1n) is 9.61. The molecule has 0 atom stereocenters. The van der Waals surface area contributed by atoms with Gasteiger partial charge >= 0.3 is 18.0 Å². The van der Waals surface area contributed by atoms with E-state index in [0.29, 0.717) is 28.0 Å². The van der Waals surface area contributed by atoms with E-state index >= 15 is 0 Å². The van der Waals surface area contributed by atoms with Crippen LogP contribution in [-0.4, -0.2) is 42.8 Å². The average molecular weight is 483 g/mol. The minimum atomic E-state index is -1.35. The Hall–Kier alpha value is -4.64. The Bertz CT molecular complexity index is 1490. The van der Waals surface area contributed by atoms with Crippen molar-refractivity contribution in [1.82, 2.24) is 14.5 Å². The number of nitrogens with one attached hydrogen (secondary N) is 2. The highest BCUT2D eigenvalue weighted by Crippen LogP contribution is 2.26. The monoisotopic (exact) mass is 482 g/mol. The number of nitrogens with zero attached hydrogens (tertiary/aromatic N) is 2. The number of carbonyl (C=O) groups is 3. The first-order chi connectivity index (χ1) is 16.2. The van der Waals surface area contributed by atoms with E-state index < -0.39 is 29.2 Å². The predicted molar refractivity (Wildman–Crippen MR) is 121 cm³/mol. The number of aromatic amines is 1. The lowest BCUT2D eigenvalue weighted by Crippen LogP contribution is -2.17. The van der Waals surface area contributed by atoms with Crippen LogP contribution in [0.15, 0.2) is 59.8 Å². The first kappa shape index (κ1) is 22.6. The summed E-state index contributed by atoms with van der Waals surface area (Å²) in [6, 6.07) is 9.92. The second-order valence-electron chi connectivity index (χ2n) is 7.06. The van der Waals surface area contributed by atoms with Crippen molar-refractivity contribution >= 4 is 46.2 Å². The lowest BCUT2D eigenvalue weighted by Gasteiger charge is -2.08. The summed E-state index contributed by atoms with van der Waals surface area (Å²) in [6.07, 6.45) is 2.26. The van der Waals surface area contributed by atoms with E-state index in [2.05, 4.69) is 15.3 Å². The van der Waals surface area contributed by atoms with Crippen LogP contribution in [0, 0.1) is 0 Å². The Labute approximate surface area is 195 Å². The van der Waals surface area contributed by atoms with Gasteiger partial charge in [-0.25, -0.2) is 19.4 Å². The van der Waals surface area contributed by atoms with Crippen molar-refractivity contribution < 1.29 is 29.3 Å². The number of amides is 1. The molecule has 0 bridgehead atoms. The van der Waals surface area contributed by atoms with Crippen molar-refractivity contribution in [3.63, 3.8) is 0 Å². The number of hydrogen-bond acceptors (Lipinski definition) is 6. The smallest absolute Gasteiger partial charge is 0.412 e. The van der Waals surface area contributed by atoms with Crippen LogP contribution in [-0.2, 0) is 11.3 Å². The molecule has 0 radical (unpaired) electrons. The number of fused-ring (bicyclic) bond motifs is 1. The summed E-state index contributed by atoms with van der Waals surface area (Å²) >= 11 is 6.33. The number of rotatable bonds is 6. The van der Waals surface area contributed by atoms with Gasteiger partial charge in [0.05, 0.1) is 28.3 Å². The van der Waals surface area contributed by atoms with Crippen LogP contribution >= 0.6 is 11.6 Å². The summed E-state index contributed by atoms with van der Waals surface area (Å²) in [5, 5.41) is 21.3. The van der Waals surface area contributed by atoms with Crippen LogP contribution in [0.25, 0.3) is 16.6 Å². The van der Waals surface area contributed by atoms with Crippen LogP contribution < -0.4 is 10.9 Å². The van der Waals surface area contributed by atoms with Gasteiger partial charge < -0.3 is 24.5 Å². The predicted octanol–water partition coefficient (Wildman–Crippen LogP) is 3.51. The molecule has 2 aromatic carbocycles. The molecule has 11 nitrogen and oxygen atoms in total. The molecule has 0 saturated heterocycles. The molecule has 2 heterocycles. The number of carboxylic acid groups (broad SMARTS) is 2. The summed E-state index contributed by atoms with van der Waals surface area (Å²) in [7, 11) is 0. The van der Waals surface area contributed by atoms with Gasteiger partial charge in [-0.05, 0) is 42.5 Å². The van der Waals surface area contributed by atoms with Crippen LogP contribution in [0.2, 0.25) is 5.02 Å². The van der Waals surface area contributed by atoms with E-state index in [4.69, 9.17) is 26.6 Å². The number of ether oxygens (including phenoxy) is 1. The van der Waals surface area contributed by atoms with Gasteiger partial charge in [0, 0.05) is 22.8 Å². The highest BCUT2D eigenvalue weighted by molar-refractivity contribution is 6.33. The van der Waals surface area contributed by atoms with Crippen molar-refractivity contribution in [3.05, 3.63) is 87.2 Å². The molecule has 0 saturated carbocycles. The largest absolute Gasteiger partial charge is 0.478 e. The Morgan fingerprint density at radius 2 is 1.82 bits per heavy atom. The lowest BCUT2D eigenvalue weighted by atomic mass is 10.1. The zero-order valence-corrected chi connectivity index (χ0v) is 17.9. The fourth-order valence-electron chi connectivity index (χ4n) is 3.13. The van der Waals surface area contributed by atoms with E-state index in [1.807, 2.05) is 0 Å². The van der Waals surface area contributed by atoms with Gasteiger partial charge in [0.1, 0.15) is 12.2 Å². The third-order valence-electron chi connectivity index (χ3n) is 4.79. The molecule has 4 aromatic rings. The maximum Gasteiger partial charge on any atom is 0.412 e. The van der Waals surface area contributed by atoms with Crippen molar-refractivity contribution in [2.75, 3.05) is 5.32 Å². The van der Waals surface area contributed by atoms with Crippen LogP contribution in [0.1, 0.15) is 26.4 Å². The van der Waals surface area contributed by atoms with Gasteiger partial charge in [0.15, 0.2) is 0 Å². The van der Waals surface area contributed by atoms with Gasteiger partial charge in [-0.3, -0.25) is 10.1 Å². The van der Waals surface area contributed by atoms with Gasteiger partial charge in [-0.15, -0.1) is 0 Å². The minimum Gasteiger partial charge on any atom is -0.478 e. The van der Waals surface area contributed by atoms with Crippen LogP contribution in [0.5, 0.6) is 0 Å². The van der Waals surface area contributed by atoms with E-state index in [1.165, 1.54) is 42.7 Å².